The fourth-order valence-electron chi connectivity index (χ4n) is 6.55. The van der Waals surface area contributed by atoms with Crippen LogP contribution in [0.3, 0.4) is 0 Å². The van der Waals surface area contributed by atoms with E-state index in [1.54, 1.807) is 36.3 Å². The second kappa shape index (κ2) is 9.55. The summed E-state index contributed by atoms with van der Waals surface area (Å²) < 4.78 is 5.36. The number of amides is 4. The van der Waals surface area contributed by atoms with Crippen molar-refractivity contribution in [2.24, 2.45) is 0 Å². The number of H-pyrrole nitrogens is 1. The van der Waals surface area contributed by atoms with Crippen LogP contribution < -0.4 is 15.0 Å². The minimum absolute atomic E-state index is 0.125. The van der Waals surface area contributed by atoms with Gasteiger partial charge in [0, 0.05) is 34.6 Å². The Morgan fingerprint density at radius 1 is 0.950 bits per heavy atom. The van der Waals surface area contributed by atoms with Crippen molar-refractivity contribution in [2.75, 3.05) is 12.0 Å². The Hall–Kier alpha value is -4.59. The lowest BCUT2D eigenvalue weighted by Gasteiger charge is -2.36. The molecule has 8 heteroatoms. The van der Waals surface area contributed by atoms with Crippen molar-refractivity contribution in [2.45, 2.75) is 50.2 Å². The highest BCUT2D eigenvalue weighted by Gasteiger charge is 2.53. The van der Waals surface area contributed by atoms with Crippen molar-refractivity contribution >= 4 is 34.4 Å². The zero-order chi connectivity index (χ0) is 27.4. The average Bonchev–Trinajstić information content (AvgIpc) is 3.69. The molecule has 2 atom stereocenters. The third-order valence-electron chi connectivity index (χ3n) is 8.56. The van der Waals surface area contributed by atoms with Crippen LogP contribution in [0.2, 0.25) is 0 Å². The standard InChI is InChI=1S/C32H30N4O4/c1-40-23-16-12-19(13-17-23)29-28-25(24-8-4-5-9-26(24)34-28)18-27-31(38)35(32(39)36(27)29)22-14-10-20(11-15-22)30(37)33-21-6-2-3-7-21/h4-5,8-17,21,27,29,34H,2-3,6-7,18H2,1H3,(H,33,37)/t27-,29-/m0/s1. The number of aromatic amines is 1. The lowest BCUT2D eigenvalue weighted by Crippen LogP contribution is -2.44. The van der Waals surface area contributed by atoms with E-state index in [-0.39, 0.29) is 23.9 Å². The van der Waals surface area contributed by atoms with Gasteiger partial charge in [-0.05, 0) is 66.4 Å². The van der Waals surface area contributed by atoms with Crippen LogP contribution in [-0.4, -0.2) is 46.9 Å². The number of nitrogens with zero attached hydrogens (tertiary/aromatic N) is 2. The summed E-state index contributed by atoms with van der Waals surface area (Å²) in [5.74, 6) is 0.331. The quantitative estimate of drug-likeness (QED) is 0.338. The van der Waals surface area contributed by atoms with Gasteiger partial charge in [0.15, 0.2) is 0 Å². The molecule has 0 unspecified atom stereocenters. The minimum Gasteiger partial charge on any atom is -0.497 e. The number of benzene rings is 3. The fraction of sp³-hybridized carbons (Fsp3) is 0.281. The molecular formula is C32H30N4O4. The Labute approximate surface area is 231 Å². The van der Waals surface area contributed by atoms with E-state index in [0.29, 0.717) is 17.7 Å². The monoisotopic (exact) mass is 534 g/mol. The van der Waals surface area contributed by atoms with Crippen LogP contribution in [0.5, 0.6) is 5.75 Å². The fourth-order valence-corrected chi connectivity index (χ4v) is 6.55. The van der Waals surface area contributed by atoms with E-state index in [4.69, 9.17) is 4.74 Å². The first-order valence-corrected chi connectivity index (χ1v) is 13.8. The van der Waals surface area contributed by atoms with Crippen LogP contribution in [0, 0.1) is 0 Å². The summed E-state index contributed by atoms with van der Waals surface area (Å²) in [7, 11) is 1.62. The summed E-state index contributed by atoms with van der Waals surface area (Å²) in [6.07, 6.45) is 4.71. The Bertz CT molecular complexity index is 1620. The first kappa shape index (κ1) is 24.5. The second-order valence-corrected chi connectivity index (χ2v) is 10.8. The number of methoxy groups -OCH3 is 1. The van der Waals surface area contributed by atoms with Gasteiger partial charge in [0.05, 0.1) is 12.8 Å². The van der Waals surface area contributed by atoms with Crippen molar-refractivity contribution < 1.29 is 19.1 Å². The number of ether oxygens (including phenoxy) is 1. The van der Waals surface area contributed by atoms with E-state index in [2.05, 4.69) is 16.4 Å². The number of fused-ring (bicyclic) bond motifs is 4. The molecule has 40 heavy (non-hydrogen) atoms. The van der Waals surface area contributed by atoms with Gasteiger partial charge in [0.1, 0.15) is 17.8 Å². The predicted octanol–water partition coefficient (Wildman–Crippen LogP) is 5.33. The third-order valence-corrected chi connectivity index (χ3v) is 8.56. The molecule has 3 heterocycles. The largest absolute Gasteiger partial charge is 0.497 e. The maximum absolute atomic E-state index is 14.0. The van der Waals surface area contributed by atoms with E-state index in [9.17, 15) is 14.4 Å². The molecule has 8 nitrogen and oxygen atoms in total. The number of anilines is 1. The molecule has 0 bridgehead atoms. The maximum Gasteiger partial charge on any atom is 0.332 e. The number of carbonyl (C=O) groups is 3. The molecule has 2 N–H and O–H groups in total. The Morgan fingerprint density at radius 2 is 1.68 bits per heavy atom. The summed E-state index contributed by atoms with van der Waals surface area (Å²) in [6.45, 7) is 0. The zero-order valence-electron chi connectivity index (χ0n) is 22.2. The third kappa shape index (κ3) is 3.86. The van der Waals surface area contributed by atoms with Crippen molar-refractivity contribution in [1.82, 2.24) is 15.2 Å². The number of carbonyl (C=O) groups excluding carboxylic acids is 3. The lowest BCUT2D eigenvalue weighted by molar-refractivity contribution is -0.120. The summed E-state index contributed by atoms with van der Waals surface area (Å²) >= 11 is 0. The Balaban J connectivity index is 1.24. The van der Waals surface area contributed by atoms with Gasteiger partial charge in [-0.15, -0.1) is 0 Å². The number of imide groups is 1. The highest BCUT2D eigenvalue weighted by Crippen LogP contribution is 2.45. The molecule has 1 saturated heterocycles. The predicted molar refractivity (Wildman–Crippen MR) is 152 cm³/mol. The number of urea groups is 1. The molecule has 4 aromatic rings. The molecule has 3 aromatic carbocycles. The number of nitrogens with one attached hydrogen (secondary N) is 2. The van der Waals surface area contributed by atoms with Crippen LogP contribution in [0.25, 0.3) is 10.9 Å². The molecule has 1 aliphatic carbocycles. The van der Waals surface area contributed by atoms with Crippen LogP contribution >= 0.6 is 0 Å². The van der Waals surface area contributed by atoms with Gasteiger partial charge in [0.25, 0.3) is 11.8 Å². The summed E-state index contributed by atoms with van der Waals surface area (Å²) in [5, 5.41) is 4.15. The Morgan fingerprint density at radius 3 is 2.40 bits per heavy atom. The normalized spacial score (nSPS) is 20.6. The number of hydrogen-bond donors (Lipinski definition) is 2. The topological polar surface area (TPSA) is 94.7 Å². The van der Waals surface area contributed by atoms with E-state index in [0.717, 1.165) is 59.2 Å². The highest BCUT2D eigenvalue weighted by atomic mass is 16.5. The van der Waals surface area contributed by atoms with Gasteiger partial charge < -0.3 is 15.0 Å². The summed E-state index contributed by atoms with van der Waals surface area (Å²) in [6, 6.07) is 21.2. The summed E-state index contributed by atoms with van der Waals surface area (Å²) in [4.78, 5) is 47.2. The minimum atomic E-state index is -0.642. The number of hydrogen-bond acceptors (Lipinski definition) is 4. The molecule has 2 fully saturated rings. The molecular weight excluding hydrogens is 504 g/mol. The molecule has 4 amide bonds. The first-order valence-electron chi connectivity index (χ1n) is 13.8. The number of para-hydroxylation sites is 1. The molecule has 3 aliphatic rings. The molecule has 2 aliphatic heterocycles. The van der Waals surface area contributed by atoms with Gasteiger partial charge in [-0.3, -0.25) is 14.5 Å². The van der Waals surface area contributed by atoms with Crippen molar-refractivity contribution in [3.8, 4) is 5.75 Å². The smallest absolute Gasteiger partial charge is 0.332 e. The average molecular weight is 535 g/mol. The van der Waals surface area contributed by atoms with Crippen LogP contribution in [0.4, 0.5) is 10.5 Å². The van der Waals surface area contributed by atoms with Crippen molar-refractivity contribution in [3.63, 3.8) is 0 Å². The number of aromatic nitrogens is 1. The molecule has 202 valence electrons. The Kier molecular flexibility index (Phi) is 5.84. The van der Waals surface area contributed by atoms with Gasteiger partial charge in [-0.1, -0.05) is 43.2 Å². The zero-order valence-corrected chi connectivity index (χ0v) is 22.2. The van der Waals surface area contributed by atoms with Crippen molar-refractivity contribution in [1.29, 1.82) is 0 Å². The molecule has 7 rings (SSSR count). The molecule has 1 saturated carbocycles. The van der Waals surface area contributed by atoms with Gasteiger partial charge >= 0.3 is 6.03 Å². The van der Waals surface area contributed by atoms with E-state index >= 15 is 0 Å². The van der Waals surface area contributed by atoms with Crippen LogP contribution in [0.1, 0.15) is 58.9 Å². The lowest BCUT2D eigenvalue weighted by atomic mass is 9.89. The maximum atomic E-state index is 14.0. The van der Waals surface area contributed by atoms with E-state index < -0.39 is 12.1 Å². The molecule has 0 spiro atoms. The molecule has 0 radical (unpaired) electrons. The van der Waals surface area contributed by atoms with Crippen molar-refractivity contribution in [3.05, 3.63) is 95.2 Å². The SMILES string of the molecule is COc1ccc([C@H]2c3[nH]c4ccccc4c3C[C@H]3C(=O)N(c4ccc(C(=O)NC5CCCC5)cc4)C(=O)N23)cc1. The van der Waals surface area contributed by atoms with E-state index in [1.807, 2.05) is 42.5 Å². The molecule has 1 aromatic heterocycles. The van der Waals surface area contributed by atoms with E-state index in [1.165, 1.54) is 4.90 Å². The van der Waals surface area contributed by atoms with Crippen LogP contribution in [-0.2, 0) is 11.2 Å². The van der Waals surface area contributed by atoms with Gasteiger partial charge in [0.2, 0.25) is 0 Å². The second-order valence-electron chi connectivity index (χ2n) is 10.8. The number of rotatable bonds is 5. The van der Waals surface area contributed by atoms with Gasteiger partial charge in [-0.25, -0.2) is 9.69 Å². The first-order chi connectivity index (χ1) is 19.5. The summed E-state index contributed by atoms with van der Waals surface area (Å²) in [5.41, 5.74) is 4.83. The highest BCUT2D eigenvalue weighted by molar-refractivity contribution is 6.22. The van der Waals surface area contributed by atoms with Crippen LogP contribution in [0.15, 0.2) is 72.8 Å². The van der Waals surface area contributed by atoms with Gasteiger partial charge in [-0.2, -0.15) is 0 Å².